The molecule has 4 nitrogen and oxygen atoms in total. The van der Waals surface area contributed by atoms with Gasteiger partial charge in [0.25, 0.3) is 0 Å². The van der Waals surface area contributed by atoms with Crippen LogP contribution >= 0.6 is 0 Å². The SMILES string of the molecule is N[C@@H](Cc1ccccc1)C(=O)NC[C@H]1CCCO1. The van der Waals surface area contributed by atoms with Gasteiger partial charge in [-0.05, 0) is 24.8 Å². The number of nitrogens with one attached hydrogen (secondary N) is 1. The van der Waals surface area contributed by atoms with Gasteiger partial charge in [-0.1, -0.05) is 30.3 Å². The van der Waals surface area contributed by atoms with E-state index in [1.54, 1.807) is 0 Å². The van der Waals surface area contributed by atoms with Crippen LogP contribution in [0.3, 0.4) is 0 Å². The van der Waals surface area contributed by atoms with E-state index in [2.05, 4.69) is 5.32 Å². The van der Waals surface area contributed by atoms with Gasteiger partial charge in [0.2, 0.25) is 5.91 Å². The molecule has 2 atom stereocenters. The smallest absolute Gasteiger partial charge is 0.237 e. The molecule has 1 aliphatic rings. The average molecular weight is 248 g/mol. The number of hydrogen-bond acceptors (Lipinski definition) is 3. The molecule has 0 aromatic heterocycles. The van der Waals surface area contributed by atoms with Crippen LogP contribution in [0.25, 0.3) is 0 Å². The van der Waals surface area contributed by atoms with Crippen LogP contribution in [-0.4, -0.2) is 31.2 Å². The zero-order valence-electron chi connectivity index (χ0n) is 10.5. The van der Waals surface area contributed by atoms with Crippen LogP contribution in [0.1, 0.15) is 18.4 Å². The van der Waals surface area contributed by atoms with E-state index >= 15 is 0 Å². The standard InChI is InChI=1S/C14H20N2O2/c15-13(9-11-5-2-1-3-6-11)14(17)16-10-12-7-4-8-18-12/h1-3,5-6,12-13H,4,7-10,15H2,(H,16,17)/t12-,13+/m1/s1. The fourth-order valence-electron chi connectivity index (χ4n) is 2.11. The van der Waals surface area contributed by atoms with Gasteiger partial charge in [-0.15, -0.1) is 0 Å². The molecule has 1 saturated heterocycles. The molecule has 1 aromatic carbocycles. The summed E-state index contributed by atoms with van der Waals surface area (Å²) in [6, 6.07) is 9.32. The van der Waals surface area contributed by atoms with Gasteiger partial charge in [-0.25, -0.2) is 0 Å². The van der Waals surface area contributed by atoms with Crippen LogP contribution in [0.15, 0.2) is 30.3 Å². The topological polar surface area (TPSA) is 64.4 Å². The lowest BCUT2D eigenvalue weighted by molar-refractivity contribution is -0.122. The lowest BCUT2D eigenvalue weighted by Gasteiger charge is -2.15. The molecule has 0 saturated carbocycles. The normalized spacial score (nSPS) is 20.6. The van der Waals surface area contributed by atoms with Gasteiger partial charge in [-0.2, -0.15) is 0 Å². The molecule has 0 spiro atoms. The van der Waals surface area contributed by atoms with Crippen molar-refractivity contribution in [3.05, 3.63) is 35.9 Å². The van der Waals surface area contributed by atoms with Gasteiger partial charge >= 0.3 is 0 Å². The minimum Gasteiger partial charge on any atom is -0.376 e. The maximum atomic E-state index is 11.8. The highest BCUT2D eigenvalue weighted by atomic mass is 16.5. The molecule has 18 heavy (non-hydrogen) atoms. The van der Waals surface area contributed by atoms with Crippen LogP contribution in [0, 0.1) is 0 Å². The molecular formula is C14H20N2O2. The first kappa shape index (κ1) is 13.1. The van der Waals surface area contributed by atoms with E-state index in [1.165, 1.54) is 0 Å². The van der Waals surface area contributed by atoms with Crippen LogP contribution < -0.4 is 11.1 Å². The molecule has 98 valence electrons. The summed E-state index contributed by atoms with van der Waals surface area (Å²) in [5.74, 6) is -0.102. The first-order valence-corrected chi connectivity index (χ1v) is 6.44. The Balaban J connectivity index is 1.74. The Bertz CT molecular complexity index is 375. The van der Waals surface area contributed by atoms with Crippen molar-refractivity contribution in [1.29, 1.82) is 0 Å². The largest absolute Gasteiger partial charge is 0.376 e. The quantitative estimate of drug-likeness (QED) is 0.812. The summed E-state index contributed by atoms with van der Waals surface area (Å²) in [6.45, 7) is 1.37. The van der Waals surface area contributed by atoms with E-state index in [4.69, 9.17) is 10.5 Å². The van der Waals surface area contributed by atoms with Gasteiger partial charge in [0.05, 0.1) is 12.1 Å². The fraction of sp³-hybridized carbons (Fsp3) is 0.500. The summed E-state index contributed by atoms with van der Waals surface area (Å²) in [6.07, 6.45) is 2.83. The van der Waals surface area contributed by atoms with Gasteiger partial charge < -0.3 is 15.8 Å². The predicted octanol–water partition coefficient (Wildman–Crippen LogP) is 0.852. The van der Waals surface area contributed by atoms with E-state index < -0.39 is 6.04 Å². The van der Waals surface area contributed by atoms with E-state index in [0.29, 0.717) is 13.0 Å². The lowest BCUT2D eigenvalue weighted by atomic mass is 10.1. The second kappa shape index (κ2) is 6.52. The van der Waals surface area contributed by atoms with Crippen molar-refractivity contribution in [3.8, 4) is 0 Å². The van der Waals surface area contributed by atoms with Gasteiger partial charge in [0.15, 0.2) is 0 Å². The lowest BCUT2D eigenvalue weighted by Crippen LogP contribution is -2.44. The second-order valence-electron chi connectivity index (χ2n) is 4.68. The van der Waals surface area contributed by atoms with E-state index in [1.807, 2.05) is 30.3 Å². The van der Waals surface area contributed by atoms with Crippen molar-refractivity contribution in [3.63, 3.8) is 0 Å². The summed E-state index contributed by atoms with van der Waals surface area (Å²) >= 11 is 0. The minimum atomic E-state index is -0.492. The van der Waals surface area contributed by atoms with Crippen LogP contribution in [0.2, 0.25) is 0 Å². The summed E-state index contributed by atoms with van der Waals surface area (Å²) in [4.78, 5) is 11.8. The first-order valence-electron chi connectivity index (χ1n) is 6.44. The van der Waals surface area contributed by atoms with Crippen molar-refractivity contribution >= 4 is 5.91 Å². The highest BCUT2D eigenvalue weighted by Gasteiger charge is 2.18. The van der Waals surface area contributed by atoms with E-state index in [0.717, 1.165) is 25.0 Å². The van der Waals surface area contributed by atoms with Crippen LogP contribution in [0.4, 0.5) is 0 Å². The zero-order chi connectivity index (χ0) is 12.8. The minimum absolute atomic E-state index is 0.102. The van der Waals surface area contributed by atoms with Crippen LogP contribution in [0.5, 0.6) is 0 Å². The van der Waals surface area contributed by atoms with Crippen LogP contribution in [-0.2, 0) is 16.0 Å². The number of rotatable bonds is 5. The Kier molecular flexibility index (Phi) is 4.73. The number of hydrogen-bond donors (Lipinski definition) is 2. The fourth-order valence-corrected chi connectivity index (χ4v) is 2.11. The third-order valence-corrected chi connectivity index (χ3v) is 3.16. The number of carbonyl (C=O) groups excluding carboxylic acids is 1. The first-order chi connectivity index (χ1) is 8.75. The molecule has 2 rings (SSSR count). The predicted molar refractivity (Wildman–Crippen MR) is 70.1 cm³/mol. The Morgan fingerprint density at radius 3 is 2.89 bits per heavy atom. The highest BCUT2D eigenvalue weighted by molar-refractivity contribution is 5.81. The number of carbonyl (C=O) groups is 1. The summed E-state index contributed by atoms with van der Waals surface area (Å²) in [5.41, 5.74) is 6.96. The summed E-state index contributed by atoms with van der Waals surface area (Å²) in [5, 5.41) is 2.86. The van der Waals surface area contributed by atoms with E-state index in [9.17, 15) is 4.79 Å². The second-order valence-corrected chi connectivity index (χ2v) is 4.68. The Morgan fingerprint density at radius 2 is 2.22 bits per heavy atom. The number of amides is 1. The molecule has 4 heteroatoms. The third-order valence-electron chi connectivity index (χ3n) is 3.16. The molecule has 1 amide bonds. The Hall–Kier alpha value is -1.39. The van der Waals surface area contributed by atoms with Gasteiger partial charge in [0, 0.05) is 13.2 Å². The molecule has 3 N–H and O–H groups in total. The number of ether oxygens (including phenoxy) is 1. The van der Waals surface area contributed by atoms with Crippen molar-refractivity contribution < 1.29 is 9.53 Å². The molecular weight excluding hydrogens is 228 g/mol. The maximum absolute atomic E-state index is 11.8. The van der Waals surface area contributed by atoms with Crippen molar-refractivity contribution in [1.82, 2.24) is 5.32 Å². The van der Waals surface area contributed by atoms with Gasteiger partial charge in [0.1, 0.15) is 0 Å². The molecule has 1 fully saturated rings. The van der Waals surface area contributed by atoms with Crippen molar-refractivity contribution in [2.24, 2.45) is 5.73 Å². The number of benzene rings is 1. The zero-order valence-corrected chi connectivity index (χ0v) is 10.5. The number of nitrogens with two attached hydrogens (primary N) is 1. The molecule has 0 bridgehead atoms. The maximum Gasteiger partial charge on any atom is 0.237 e. The molecule has 0 aliphatic carbocycles. The Morgan fingerprint density at radius 1 is 1.44 bits per heavy atom. The molecule has 1 aromatic rings. The van der Waals surface area contributed by atoms with Gasteiger partial charge in [-0.3, -0.25) is 4.79 Å². The monoisotopic (exact) mass is 248 g/mol. The highest BCUT2D eigenvalue weighted by Crippen LogP contribution is 2.10. The third kappa shape index (κ3) is 3.82. The molecule has 0 radical (unpaired) electrons. The summed E-state index contributed by atoms with van der Waals surface area (Å²) in [7, 11) is 0. The molecule has 1 aliphatic heterocycles. The molecule has 1 heterocycles. The van der Waals surface area contributed by atoms with Crippen molar-refractivity contribution in [2.45, 2.75) is 31.4 Å². The average Bonchev–Trinajstić information content (AvgIpc) is 2.90. The van der Waals surface area contributed by atoms with Crippen molar-refractivity contribution in [2.75, 3.05) is 13.2 Å². The molecule has 0 unspecified atom stereocenters. The summed E-state index contributed by atoms with van der Waals surface area (Å²) < 4.78 is 5.45. The van der Waals surface area contributed by atoms with E-state index in [-0.39, 0.29) is 12.0 Å². The Labute approximate surface area is 108 Å².